The van der Waals surface area contributed by atoms with Gasteiger partial charge < -0.3 is 9.94 Å². The first-order chi connectivity index (χ1) is 9.65. The zero-order valence-electron chi connectivity index (χ0n) is 10.6. The normalized spacial score (nSPS) is 11.2. The predicted molar refractivity (Wildman–Crippen MR) is 69.4 cm³/mol. The zero-order chi connectivity index (χ0) is 14.5. The fourth-order valence-corrected chi connectivity index (χ4v) is 1.67. The summed E-state index contributed by atoms with van der Waals surface area (Å²) in [6, 6.07) is 8.31. The summed E-state index contributed by atoms with van der Waals surface area (Å²) in [6.07, 6.45) is 1.40. The third kappa shape index (κ3) is 2.80. The number of rotatable bonds is 3. The smallest absolute Gasteiger partial charge is 0.337 e. The van der Waals surface area contributed by atoms with Crippen molar-refractivity contribution in [1.82, 2.24) is 4.98 Å². The van der Waals surface area contributed by atoms with Crippen molar-refractivity contribution in [3.05, 3.63) is 65.2 Å². The van der Waals surface area contributed by atoms with Crippen LogP contribution in [0.2, 0.25) is 0 Å². The Bertz CT molecular complexity index is 654. The van der Waals surface area contributed by atoms with E-state index in [4.69, 9.17) is 5.21 Å². The van der Waals surface area contributed by atoms with Gasteiger partial charge in [-0.2, -0.15) is 0 Å². The maximum atomic E-state index is 12.9. The largest absolute Gasteiger partial charge is 0.465 e. The molecular formula is C14H11FN2O3. The highest BCUT2D eigenvalue weighted by Crippen LogP contribution is 2.12. The molecule has 1 N–H and O–H groups in total. The van der Waals surface area contributed by atoms with Gasteiger partial charge in [-0.15, -0.1) is 0 Å². The van der Waals surface area contributed by atoms with Crippen LogP contribution < -0.4 is 0 Å². The molecule has 0 saturated carbocycles. The minimum atomic E-state index is -0.523. The topological polar surface area (TPSA) is 71.8 Å². The molecule has 0 spiro atoms. The van der Waals surface area contributed by atoms with Crippen LogP contribution in [0.4, 0.5) is 4.39 Å². The molecule has 0 amide bonds. The number of esters is 1. The van der Waals surface area contributed by atoms with Gasteiger partial charge in [-0.1, -0.05) is 5.16 Å². The Kier molecular flexibility index (Phi) is 4.05. The van der Waals surface area contributed by atoms with Gasteiger partial charge in [0.25, 0.3) is 0 Å². The van der Waals surface area contributed by atoms with E-state index in [0.717, 1.165) is 0 Å². The number of carbonyl (C=O) groups is 1. The van der Waals surface area contributed by atoms with Crippen LogP contribution in [-0.2, 0) is 4.74 Å². The summed E-state index contributed by atoms with van der Waals surface area (Å²) in [7, 11) is 1.27. The van der Waals surface area contributed by atoms with E-state index in [0.29, 0.717) is 5.56 Å². The molecule has 1 aromatic heterocycles. The quantitative estimate of drug-likeness (QED) is 0.403. The van der Waals surface area contributed by atoms with Gasteiger partial charge in [0, 0.05) is 11.8 Å². The minimum absolute atomic E-state index is 0.135. The van der Waals surface area contributed by atoms with Crippen LogP contribution in [0.5, 0.6) is 0 Å². The van der Waals surface area contributed by atoms with Crippen LogP contribution in [0.1, 0.15) is 21.6 Å². The lowest BCUT2D eigenvalue weighted by atomic mass is 10.1. The van der Waals surface area contributed by atoms with Crippen molar-refractivity contribution in [3.8, 4) is 0 Å². The molecule has 0 atom stereocenters. The number of aromatic nitrogens is 1. The molecule has 0 saturated heterocycles. The van der Waals surface area contributed by atoms with Gasteiger partial charge in [0.05, 0.1) is 18.4 Å². The average Bonchev–Trinajstić information content (AvgIpc) is 2.49. The summed E-state index contributed by atoms with van der Waals surface area (Å²) in [5.74, 6) is -0.924. The first-order valence-electron chi connectivity index (χ1n) is 5.68. The Morgan fingerprint density at radius 3 is 2.55 bits per heavy atom. The second kappa shape index (κ2) is 5.92. The Morgan fingerprint density at radius 2 is 1.95 bits per heavy atom. The highest BCUT2D eigenvalue weighted by atomic mass is 19.1. The van der Waals surface area contributed by atoms with Gasteiger partial charge in [0.15, 0.2) is 0 Å². The van der Waals surface area contributed by atoms with Crippen LogP contribution in [0.3, 0.4) is 0 Å². The van der Waals surface area contributed by atoms with Crippen molar-refractivity contribution < 1.29 is 19.1 Å². The zero-order valence-corrected chi connectivity index (χ0v) is 10.6. The summed E-state index contributed by atoms with van der Waals surface area (Å²) >= 11 is 0. The fourth-order valence-electron chi connectivity index (χ4n) is 1.67. The molecular weight excluding hydrogens is 263 g/mol. The van der Waals surface area contributed by atoms with Crippen LogP contribution in [0.25, 0.3) is 0 Å². The number of hydrogen-bond donors (Lipinski definition) is 1. The number of benzene rings is 1. The number of pyridine rings is 1. The molecule has 102 valence electrons. The van der Waals surface area contributed by atoms with E-state index in [2.05, 4.69) is 14.9 Å². The molecule has 2 rings (SSSR count). The molecule has 0 radical (unpaired) electrons. The van der Waals surface area contributed by atoms with E-state index in [1.54, 1.807) is 0 Å². The molecule has 1 heterocycles. The third-order valence-corrected chi connectivity index (χ3v) is 2.64. The lowest BCUT2D eigenvalue weighted by molar-refractivity contribution is 0.0600. The van der Waals surface area contributed by atoms with Crippen molar-refractivity contribution in [3.63, 3.8) is 0 Å². The van der Waals surface area contributed by atoms with Crippen LogP contribution in [-0.4, -0.2) is 29.0 Å². The molecule has 0 fully saturated rings. The number of ether oxygens (including phenoxy) is 1. The molecule has 0 aliphatic rings. The van der Waals surface area contributed by atoms with E-state index in [-0.39, 0.29) is 17.0 Å². The molecule has 1 aromatic carbocycles. The van der Waals surface area contributed by atoms with Crippen molar-refractivity contribution in [2.45, 2.75) is 0 Å². The van der Waals surface area contributed by atoms with Gasteiger partial charge in [-0.3, -0.25) is 4.98 Å². The number of hydrogen-bond acceptors (Lipinski definition) is 5. The van der Waals surface area contributed by atoms with Gasteiger partial charge in [-0.05, 0) is 36.4 Å². The molecule has 5 nitrogen and oxygen atoms in total. The first kappa shape index (κ1) is 13.7. The van der Waals surface area contributed by atoms with Gasteiger partial charge in [0.1, 0.15) is 11.5 Å². The molecule has 0 aliphatic heterocycles. The predicted octanol–water partition coefficient (Wildman–Crippen LogP) is 2.23. The summed E-state index contributed by atoms with van der Waals surface area (Å²) in [5, 5.41) is 12.3. The average molecular weight is 274 g/mol. The van der Waals surface area contributed by atoms with Crippen molar-refractivity contribution in [2.75, 3.05) is 7.11 Å². The maximum absolute atomic E-state index is 12.9. The summed E-state index contributed by atoms with van der Waals surface area (Å²) in [5.41, 5.74) is 1.17. The lowest BCUT2D eigenvalue weighted by Gasteiger charge is -2.05. The SMILES string of the molecule is COC(=O)c1ccnc(/C(=N/O)c2ccc(F)cc2)c1. The van der Waals surface area contributed by atoms with E-state index >= 15 is 0 Å². The van der Waals surface area contributed by atoms with Crippen LogP contribution in [0, 0.1) is 5.82 Å². The fraction of sp³-hybridized carbons (Fsp3) is 0.0714. The van der Waals surface area contributed by atoms with E-state index < -0.39 is 11.8 Å². The lowest BCUT2D eigenvalue weighted by Crippen LogP contribution is -2.09. The molecule has 6 heteroatoms. The van der Waals surface area contributed by atoms with E-state index in [9.17, 15) is 9.18 Å². The number of nitrogens with zero attached hydrogens (tertiary/aromatic N) is 2. The molecule has 0 aliphatic carbocycles. The number of oxime groups is 1. The summed E-state index contributed by atoms with van der Waals surface area (Å²) in [4.78, 5) is 15.5. The van der Waals surface area contributed by atoms with Gasteiger partial charge in [0.2, 0.25) is 0 Å². The first-order valence-corrected chi connectivity index (χ1v) is 5.68. The van der Waals surface area contributed by atoms with Gasteiger partial charge >= 0.3 is 5.97 Å². The highest BCUT2D eigenvalue weighted by Gasteiger charge is 2.13. The second-order valence-electron chi connectivity index (χ2n) is 3.88. The van der Waals surface area contributed by atoms with Crippen LogP contribution >= 0.6 is 0 Å². The Labute approximate surface area is 114 Å². The minimum Gasteiger partial charge on any atom is -0.465 e. The Hall–Kier alpha value is -2.76. The summed E-state index contributed by atoms with van der Waals surface area (Å²) < 4.78 is 17.5. The molecule has 20 heavy (non-hydrogen) atoms. The number of carbonyl (C=O) groups excluding carboxylic acids is 1. The van der Waals surface area contributed by atoms with Crippen molar-refractivity contribution >= 4 is 11.7 Å². The Morgan fingerprint density at radius 1 is 1.25 bits per heavy atom. The van der Waals surface area contributed by atoms with Crippen LogP contribution in [0.15, 0.2) is 47.8 Å². The van der Waals surface area contributed by atoms with Gasteiger partial charge in [-0.25, -0.2) is 9.18 Å². The number of methoxy groups -OCH3 is 1. The Balaban J connectivity index is 2.43. The third-order valence-electron chi connectivity index (χ3n) is 2.64. The van der Waals surface area contributed by atoms with Crippen molar-refractivity contribution in [1.29, 1.82) is 0 Å². The number of halogens is 1. The highest BCUT2D eigenvalue weighted by molar-refractivity contribution is 6.12. The molecule has 0 bridgehead atoms. The second-order valence-corrected chi connectivity index (χ2v) is 3.88. The molecule has 2 aromatic rings. The van der Waals surface area contributed by atoms with Crippen molar-refractivity contribution in [2.24, 2.45) is 5.16 Å². The van der Waals surface area contributed by atoms with E-state index in [1.807, 2.05) is 0 Å². The van der Waals surface area contributed by atoms with E-state index in [1.165, 1.54) is 49.7 Å². The monoisotopic (exact) mass is 274 g/mol. The summed E-state index contributed by atoms with van der Waals surface area (Å²) in [6.45, 7) is 0. The maximum Gasteiger partial charge on any atom is 0.337 e. The standard InChI is InChI=1S/C14H11FN2O3/c1-20-14(18)10-6-7-16-12(8-10)13(17-19)9-2-4-11(15)5-3-9/h2-8,19H,1H3/b17-13+. The molecule has 0 unspecified atom stereocenters.